The number of hydrogen-bond acceptors (Lipinski definition) is 6. The minimum Gasteiger partial charge on any atom is -0.497 e. The van der Waals surface area contributed by atoms with Crippen LogP contribution in [0.2, 0.25) is 0 Å². The molecule has 1 heterocycles. The van der Waals surface area contributed by atoms with Crippen molar-refractivity contribution in [2.24, 2.45) is 0 Å². The van der Waals surface area contributed by atoms with Crippen molar-refractivity contribution in [3.8, 4) is 5.75 Å². The number of ether oxygens (including phenoxy) is 1. The van der Waals surface area contributed by atoms with Crippen LogP contribution in [-0.2, 0) is 19.2 Å². The first-order valence-electron chi connectivity index (χ1n) is 8.83. The maximum absolute atomic E-state index is 12.6. The lowest BCUT2D eigenvalue weighted by molar-refractivity contribution is -0.142. The molecule has 1 N–H and O–H groups in total. The molecule has 0 aromatic heterocycles. The summed E-state index contributed by atoms with van der Waals surface area (Å²) in [6.07, 6.45) is 0. The van der Waals surface area contributed by atoms with Crippen molar-refractivity contribution in [2.75, 3.05) is 32.1 Å². The van der Waals surface area contributed by atoms with E-state index < -0.39 is 35.8 Å². The van der Waals surface area contributed by atoms with Gasteiger partial charge in [0.1, 0.15) is 12.3 Å². The quantitative estimate of drug-likeness (QED) is 0.541. The largest absolute Gasteiger partial charge is 0.497 e. The summed E-state index contributed by atoms with van der Waals surface area (Å²) in [6.45, 7) is 4.51. The topological polar surface area (TPSA) is 116 Å². The fourth-order valence-corrected chi connectivity index (χ4v) is 2.62. The van der Waals surface area contributed by atoms with Crippen LogP contribution in [0.4, 0.5) is 10.5 Å². The first-order chi connectivity index (χ1) is 13.4. The number of nitrogens with one attached hydrogen (secondary N) is 1. The number of rotatable bonds is 6. The van der Waals surface area contributed by atoms with Crippen LogP contribution in [0.1, 0.15) is 20.8 Å². The van der Waals surface area contributed by atoms with Crippen molar-refractivity contribution in [1.82, 2.24) is 15.1 Å². The molecule has 29 heavy (non-hydrogen) atoms. The highest BCUT2D eigenvalue weighted by Gasteiger charge is 2.46. The minimum absolute atomic E-state index is 0.182. The second kappa shape index (κ2) is 8.29. The van der Waals surface area contributed by atoms with Gasteiger partial charge in [0, 0.05) is 12.6 Å². The molecule has 10 nitrogen and oxygen atoms in total. The number of likely N-dealkylation sites (N-methyl/N-ethyl adjacent to an activating group) is 1. The normalized spacial score (nSPS) is 14.3. The highest BCUT2D eigenvalue weighted by atomic mass is 16.5. The molecule has 1 aromatic carbocycles. The highest BCUT2D eigenvalue weighted by Crippen LogP contribution is 2.24. The maximum atomic E-state index is 12.6. The molecule has 0 aliphatic carbocycles. The molecule has 0 saturated carbocycles. The monoisotopic (exact) mass is 404 g/mol. The van der Waals surface area contributed by atoms with E-state index in [1.807, 2.05) is 0 Å². The predicted molar refractivity (Wildman–Crippen MR) is 103 cm³/mol. The molecule has 156 valence electrons. The zero-order valence-electron chi connectivity index (χ0n) is 17.0. The van der Waals surface area contributed by atoms with Gasteiger partial charge in [-0.2, -0.15) is 0 Å². The van der Waals surface area contributed by atoms with E-state index in [-0.39, 0.29) is 18.1 Å². The summed E-state index contributed by atoms with van der Waals surface area (Å²) >= 11 is 0. The zero-order chi connectivity index (χ0) is 21.9. The molecule has 6 amide bonds. The molecule has 1 fully saturated rings. The van der Waals surface area contributed by atoms with Crippen molar-refractivity contribution in [1.29, 1.82) is 0 Å². The Labute approximate surface area is 168 Å². The number of nitrogens with zero attached hydrogens (tertiary/aromatic N) is 3. The molecule has 0 atom stereocenters. The van der Waals surface area contributed by atoms with Crippen LogP contribution >= 0.6 is 0 Å². The van der Waals surface area contributed by atoms with Gasteiger partial charge in [-0.05, 0) is 45.0 Å². The number of carbonyl (C=O) groups is 5. The smallest absolute Gasteiger partial charge is 0.339 e. The SMILES string of the molecule is COc1ccc(N2C(=O)C(=O)N(CC(=O)N(C)CC(=O)NC(C)(C)C)C2=O)cc1. The molecule has 1 aromatic rings. The van der Waals surface area contributed by atoms with Gasteiger partial charge in [-0.25, -0.2) is 14.6 Å². The highest BCUT2D eigenvalue weighted by molar-refractivity contribution is 6.53. The summed E-state index contributed by atoms with van der Waals surface area (Å²) < 4.78 is 5.02. The van der Waals surface area contributed by atoms with Crippen LogP contribution in [0.3, 0.4) is 0 Å². The van der Waals surface area contributed by atoms with E-state index in [0.29, 0.717) is 15.5 Å². The first-order valence-corrected chi connectivity index (χ1v) is 8.83. The van der Waals surface area contributed by atoms with E-state index in [9.17, 15) is 24.0 Å². The Morgan fingerprint density at radius 1 is 1.07 bits per heavy atom. The van der Waals surface area contributed by atoms with Crippen LogP contribution in [0.5, 0.6) is 5.75 Å². The van der Waals surface area contributed by atoms with Crippen LogP contribution in [0.15, 0.2) is 24.3 Å². The van der Waals surface area contributed by atoms with Crippen molar-refractivity contribution >= 4 is 35.3 Å². The van der Waals surface area contributed by atoms with Crippen molar-refractivity contribution in [3.63, 3.8) is 0 Å². The molecule has 10 heteroatoms. The molecule has 0 spiro atoms. The van der Waals surface area contributed by atoms with Gasteiger partial charge in [0.05, 0.1) is 19.3 Å². The first kappa shape index (κ1) is 21.9. The van der Waals surface area contributed by atoms with Gasteiger partial charge in [0.25, 0.3) is 0 Å². The number of methoxy groups -OCH3 is 1. The summed E-state index contributed by atoms with van der Waals surface area (Å²) in [6, 6.07) is 5.06. The van der Waals surface area contributed by atoms with Crippen LogP contribution in [-0.4, -0.2) is 72.2 Å². The Morgan fingerprint density at radius 3 is 2.17 bits per heavy atom. The molecule has 2 rings (SSSR count). The summed E-state index contributed by atoms with van der Waals surface area (Å²) in [4.78, 5) is 63.7. The second-order valence-corrected chi connectivity index (χ2v) is 7.56. The van der Waals surface area contributed by atoms with E-state index >= 15 is 0 Å². The van der Waals surface area contributed by atoms with Gasteiger partial charge < -0.3 is 15.0 Å². The molecule has 1 aliphatic rings. The standard InChI is InChI=1S/C19H24N4O6/c1-19(2,3)20-14(24)10-21(4)15(25)11-22-16(26)17(27)23(18(22)28)12-6-8-13(29-5)9-7-12/h6-9H,10-11H2,1-5H3,(H,20,24). The molecular formula is C19H24N4O6. The average molecular weight is 404 g/mol. The number of benzene rings is 1. The van der Waals surface area contributed by atoms with Crippen molar-refractivity contribution in [2.45, 2.75) is 26.3 Å². The molecule has 1 saturated heterocycles. The van der Waals surface area contributed by atoms with Crippen molar-refractivity contribution in [3.05, 3.63) is 24.3 Å². The van der Waals surface area contributed by atoms with Crippen LogP contribution < -0.4 is 15.0 Å². The minimum atomic E-state index is -1.10. The van der Waals surface area contributed by atoms with Crippen LogP contribution in [0.25, 0.3) is 0 Å². The Morgan fingerprint density at radius 2 is 1.66 bits per heavy atom. The van der Waals surface area contributed by atoms with E-state index in [4.69, 9.17) is 4.74 Å². The average Bonchev–Trinajstić information content (AvgIpc) is 2.83. The van der Waals surface area contributed by atoms with Gasteiger partial charge in [0.2, 0.25) is 11.8 Å². The van der Waals surface area contributed by atoms with E-state index in [2.05, 4.69) is 5.32 Å². The third-order valence-corrected chi connectivity index (χ3v) is 4.00. The fraction of sp³-hybridized carbons (Fsp3) is 0.421. The van der Waals surface area contributed by atoms with E-state index in [1.165, 1.54) is 38.4 Å². The van der Waals surface area contributed by atoms with Gasteiger partial charge in [0.15, 0.2) is 0 Å². The number of imide groups is 2. The number of carbonyl (C=O) groups excluding carboxylic acids is 5. The lowest BCUT2D eigenvalue weighted by Gasteiger charge is -2.24. The molecule has 0 bridgehead atoms. The number of anilines is 1. The Balaban J connectivity index is 2.07. The predicted octanol–water partition coefficient (Wildman–Crippen LogP) is 0.364. The van der Waals surface area contributed by atoms with Gasteiger partial charge in [-0.1, -0.05) is 0 Å². The van der Waals surface area contributed by atoms with Crippen molar-refractivity contribution < 1.29 is 28.7 Å². The molecular weight excluding hydrogens is 380 g/mol. The lowest BCUT2D eigenvalue weighted by atomic mass is 10.1. The van der Waals surface area contributed by atoms with Gasteiger partial charge in [-0.15, -0.1) is 0 Å². The van der Waals surface area contributed by atoms with Crippen LogP contribution in [0, 0.1) is 0 Å². The third kappa shape index (κ3) is 5.09. The fourth-order valence-electron chi connectivity index (χ4n) is 2.62. The van der Waals surface area contributed by atoms with E-state index in [0.717, 1.165) is 4.90 Å². The molecule has 0 unspecified atom stereocenters. The maximum Gasteiger partial charge on any atom is 0.339 e. The van der Waals surface area contributed by atoms with Gasteiger partial charge in [-0.3, -0.25) is 19.2 Å². The summed E-state index contributed by atoms with van der Waals surface area (Å²) in [5.41, 5.74) is -0.283. The molecule has 0 radical (unpaired) electrons. The Kier molecular flexibility index (Phi) is 6.25. The number of hydrogen-bond donors (Lipinski definition) is 1. The lowest BCUT2D eigenvalue weighted by Crippen LogP contribution is -2.48. The third-order valence-electron chi connectivity index (χ3n) is 4.00. The van der Waals surface area contributed by atoms with E-state index in [1.54, 1.807) is 20.8 Å². The summed E-state index contributed by atoms with van der Waals surface area (Å²) in [5, 5.41) is 2.71. The molecule has 1 aliphatic heterocycles. The Bertz CT molecular complexity index is 843. The Hall–Kier alpha value is -3.43. The van der Waals surface area contributed by atoms with Gasteiger partial charge >= 0.3 is 17.8 Å². The summed E-state index contributed by atoms with van der Waals surface area (Å²) in [5.74, 6) is -2.68. The number of urea groups is 1. The second-order valence-electron chi connectivity index (χ2n) is 7.56. The number of amides is 6. The zero-order valence-corrected chi connectivity index (χ0v) is 17.0. The summed E-state index contributed by atoms with van der Waals surface area (Å²) in [7, 11) is 2.84.